The average Bonchev–Trinajstić information content (AvgIpc) is 2.78. The molecule has 0 aliphatic heterocycles. The van der Waals surface area contributed by atoms with E-state index in [0.29, 0.717) is 11.8 Å². The van der Waals surface area contributed by atoms with Gasteiger partial charge in [0.2, 0.25) is 5.13 Å². The molecule has 0 aromatic carbocycles. The number of aromatic nitrogens is 2. The summed E-state index contributed by atoms with van der Waals surface area (Å²) in [7, 11) is 0. The molecule has 0 atom stereocenters. The van der Waals surface area contributed by atoms with Crippen LogP contribution >= 0.6 is 11.3 Å². The van der Waals surface area contributed by atoms with Gasteiger partial charge in [-0.05, 0) is 25.7 Å². The lowest BCUT2D eigenvalue weighted by Gasteiger charge is -2.18. The summed E-state index contributed by atoms with van der Waals surface area (Å²) >= 11 is 1.68. The Morgan fingerprint density at radius 1 is 1.24 bits per heavy atom. The molecule has 17 heavy (non-hydrogen) atoms. The van der Waals surface area contributed by atoms with E-state index < -0.39 is 0 Å². The Kier molecular flexibility index (Phi) is 4.26. The topological polar surface area (TPSA) is 38.1 Å². The van der Waals surface area contributed by atoms with E-state index >= 15 is 0 Å². The summed E-state index contributed by atoms with van der Waals surface area (Å²) in [4.78, 5) is 4.54. The van der Waals surface area contributed by atoms with Crippen molar-refractivity contribution >= 4 is 22.2 Å². The molecule has 1 aromatic heterocycles. The van der Waals surface area contributed by atoms with Crippen LogP contribution in [-0.4, -0.2) is 15.9 Å². The van der Waals surface area contributed by atoms with E-state index in [0.717, 1.165) is 10.8 Å². The molecule has 2 rings (SSSR count). The van der Waals surface area contributed by atoms with Gasteiger partial charge in [0.15, 0.2) is 0 Å². The smallest absolute Gasteiger partial charge is 0.227 e. The largest absolute Gasteiger partial charge is 0.231 e. The van der Waals surface area contributed by atoms with E-state index in [1.807, 2.05) is 0 Å². The highest BCUT2D eigenvalue weighted by Crippen LogP contribution is 2.35. The fraction of sp³-hybridized carbons (Fsp3) is 0.769. The molecule has 0 N–H and O–H groups in total. The number of aliphatic imine (C=N–C) groups is 1. The first-order valence-corrected chi connectivity index (χ1v) is 7.37. The summed E-state index contributed by atoms with van der Waals surface area (Å²) in [6, 6.07) is 0. The molecule has 1 aromatic rings. The van der Waals surface area contributed by atoms with Crippen molar-refractivity contribution in [2.75, 3.05) is 0 Å². The van der Waals surface area contributed by atoms with Crippen LogP contribution in [-0.2, 0) is 0 Å². The molecule has 1 aliphatic carbocycles. The van der Waals surface area contributed by atoms with Gasteiger partial charge in [0.05, 0.1) is 0 Å². The van der Waals surface area contributed by atoms with Crippen LogP contribution in [0.15, 0.2) is 4.99 Å². The Balaban J connectivity index is 2.07. The van der Waals surface area contributed by atoms with Crippen molar-refractivity contribution in [1.82, 2.24) is 10.2 Å². The molecule has 0 saturated heterocycles. The minimum absolute atomic E-state index is 0.483. The molecular formula is C13H21N3S. The average molecular weight is 251 g/mol. The van der Waals surface area contributed by atoms with Gasteiger partial charge < -0.3 is 0 Å². The van der Waals surface area contributed by atoms with E-state index in [4.69, 9.17) is 0 Å². The van der Waals surface area contributed by atoms with Gasteiger partial charge in [0.1, 0.15) is 5.01 Å². The molecule has 1 saturated carbocycles. The Labute approximate surface area is 107 Å². The molecule has 0 bridgehead atoms. The Hall–Kier alpha value is -0.770. The second kappa shape index (κ2) is 5.71. The Bertz CT molecular complexity index is 389. The summed E-state index contributed by atoms with van der Waals surface area (Å²) < 4.78 is 0. The van der Waals surface area contributed by atoms with Gasteiger partial charge in [0, 0.05) is 11.6 Å². The second-order valence-corrected chi connectivity index (χ2v) is 6.15. The number of nitrogens with zero attached hydrogens (tertiary/aromatic N) is 3. The molecule has 0 amide bonds. The van der Waals surface area contributed by atoms with Crippen molar-refractivity contribution in [3.63, 3.8) is 0 Å². The Morgan fingerprint density at radius 2 is 1.94 bits per heavy atom. The van der Waals surface area contributed by atoms with Crippen LogP contribution in [0.5, 0.6) is 0 Å². The third kappa shape index (κ3) is 3.35. The quantitative estimate of drug-likeness (QED) is 0.750. The molecule has 3 nitrogen and oxygen atoms in total. The van der Waals surface area contributed by atoms with Gasteiger partial charge in [-0.2, -0.15) is 0 Å². The van der Waals surface area contributed by atoms with Gasteiger partial charge in [-0.15, -0.1) is 10.2 Å². The molecular weight excluding hydrogens is 230 g/mol. The lowest BCUT2D eigenvalue weighted by atomic mass is 9.90. The van der Waals surface area contributed by atoms with E-state index in [2.05, 4.69) is 36.0 Å². The van der Waals surface area contributed by atoms with Crippen molar-refractivity contribution in [1.29, 1.82) is 0 Å². The van der Waals surface area contributed by atoms with Crippen LogP contribution in [0.3, 0.4) is 0 Å². The highest BCUT2D eigenvalue weighted by Gasteiger charge is 2.19. The predicted molar refractivity (Wildman–Crippen MR) is 73.3 cm³/mol. The monoisotopic (exact) mass is 251 g/mol. The van der Waals surface area contributed by atoms with Crippen LogP contribution < -0.4 is 0 Å². The number of rotatable bonds is 3. The standard InChI is InChI=1S/C13H21N3S/c1-9(2)10(3)14-13-16-15-12(17-13)11-7-5-4-6-8-11/h9,11H,4-8H2,1-3H3. The fourth-order valence-electron chi connectivity index (χ4n) is 2.07. The van der Waals surface area contributed by atoms with Crippen LogP contribution in [0.2, 0.25) is 0 Å². The first-order valence-electron chi connectivity index (χ1n) is 6.55. The highest BCUT2D eigenvalue weighted by molar-refractivity contribution is 7.15. The first-order chi connectivity index (χ1) is 8.16. The van der Waals surface area contributed by atoms with E-state index in [9.17, 15) is 0 Å². The lowest BCUT2D eigenvalue weighted by Crippen LogP contribution is -2.03. The van der Waals surface area contributed by atoms with Gasteiger partial charge in [-0.25, -0.2) is 4.99 Å². The zero-order valence-electron chi connectivity index (χ0n) is 10.9. The molecule has 4 heteroatoms. The molecule has 0 radical (unpaired) electrons. The third-order valence-electron chi connectivity index (χ3n) is 3.49. The summed E-state index contributed by atoms with van der Waals surface area (Å²) in [5, 5.41) is 10.5. The maximum atomic E-state index is 4.54. The molecule has 1 heterocycles. The Morgan fingerprint density at radius 3 is 2.59 bits per heavy atom. The maximum absolute atomic E-state index is 4.54. The van der Waals surface area contributed by atoms with Gasteiger partial charge in [0.25, 0.3) is 0 Å². The zero-order valence-corrected chi connectivity index (χ0v) is 11.8. The summed E-state index contributed by atoms with van der Waals surface area (Å²) in [5.41, 5.74) is 1.14. The van der Waals surface area contributed by atoms with Crippen LogP contribution in [0.1, 0.15) is 63.8 Å². The van der Waals surface area contributed by atoms with E-state index in [1.54, 1.807) is 11.3 Å². The zero-order chi connectivity index (χ0) is 12.3. The van der Waals surface area contributed by atoms with Gasteiger partial charge in [-0.3, -0.25) is 0 Å². The first kappa shape index (κ1) is 12.7. The maximum Gasteiger partial charge on any atom is 0.231 e. The molecule has 1 fully saturated rings. The SMILES string of the molecule is CC(=Nc1nnc(C2CCCCC2)s1)C(C)C. The normalized spacial score (nSPS) is 18.9. The minimum atomic E-state index is 0.483. The van der Waals surface area contributed by atoms with Gasteiger partial charge in [-0.1, -0.05) is 44.4 Å². The molecule has 0 spiro atoms. The summed E-state index contributed by atoms with van der Waals surface area (Å²) in [6.07, 6.45) is 6.62. The van der Waals surface area contributed by atoms with Crippen LogP contribution in [0, 0.1) is 5.92 Å². The van der Waals surface area contributed by atoms with Gasteiger partial charge >= 0.3 is 0 Å². The minimum Gasteiger partial charge on any atom is -0.227 e. The van der Waals surface area contributed by atoms with Crippen molar-refractivity contribution in [3.05, 3.63) is 5.01 Å². The third-order valence-corrected chi connectivity index (χ3v) is 4.47. The van der Waals surface area contributed by atoms with Crippen LogP contribution in [0.4, 0.5) is 5.13 Å². The van der Waals surface area contributed by atoms with Crippen LogP contribution in [0.25, 0.3) is 0 Å². The van der Waals surface area contributed by atoms with Crippen molar-refractivity contribution in [3.8, 4) is 0 Å². The van der Waals surface area contributed by atoms with Crippen molar-refractivity contribution in [2.45, 2.75) is 58.8 Å². The van der Waals surface area contributed by atoms with E-state index in [-0.39, 0.29) is 0 Å². The number of hydrogen-bond acceptors (Lipinski definition) is 4. The molecule has 94 valence electrons. The van der Waals surface area contributed by atoms with E-state index in [1.165, 1.54) is 37.1 Å². The lowest BCUT2D eigenvalue weighted by molar-refractivity contribution is 0.440. The molecule has 0 unspecified atom stereocenters. The molecule has 1 aliphatic rings. The second-order valence-electron chi connectivity index (χ2n) is 5.17. The fourth-order valence-corrected chi connectivity index (χ4v) is 3.01. The highest BCUT2D eigenvalue weighted by atomic mass is 32.1. The van der Waals surface area contributed by atoms with Crippen molar-refractivity contribution in [2.24, 2.45) is 10.9 Å². The summed E-state index contributed by atoms with van der Waals surface area (Å²) in [6.45, 7) is 6.37. The summed E-state index contributed by atoms with van der Waals surface area (Å²) in [5.74, 6) is 1.13. The predicted octanol–water partition coefficient (Wildman–Crippen LogP) is 4.33. The number of hydrogen-bond donors (Lipinski definition) is 0. The van der Waals surface area contributed by atoms with Crippen molar-refractivity contribution < 1.29 is 0 Å².